The molecule has 17 heavy (non-hydrogen) atoms. The summed E-state index contributed by atoms with van der Waals surface area (Å²) < 4.78 is 37.6. The maximum Gasteiger partial charge on any atom is 0.377 e. The van der Waals surface area contributed by atoms with Gasteiger partial charge in [-0.15, -0.1) is 0 Å². The SMILES string of the molecule is COCC(O)COC(=O)COC(=O)C(C)(F)F. The molecule has 0 aromatic carbocycles. The molecule has 0 spiro atoms. The van der Waals surface area contributed by atoms with Gasteiger partial charge in [-0.25, -0.2) is 9.59 Å². The molecule has 100 valence electrons. The molecular weight excluding hydrogens is 242 g/mol. The van der Waals surface area contributed by atoms with Crippen LogP contribution in [0.2, 0.25) is 0 Å². The van der Waals surface area contributed by atoms with Gasteiger partial charge in [-0.1, -0.05) is 0 Å². The van der Waals surface area contributed by atoms with E-state index in [9.17, 15) is 18.4 Å². The molecule has 0 aromatic heterocycles. The largest absolute Gasteiger partial charge is 0.460 e. The van der Waals surface area contributed by atoms with Crippen molar-refractivity contribution in [2.45, 2.75) is 19.0 Å². The first-order valence-electron chi connectivity index (χ1n) is 4.65. The highest BCUT2D eigenvalue weighted by Gasteiger charge is 2.34. The number of rotatable bonds is 7. The zero-order valence-electron chi connectivity index (χ0n) is 9.44. The molecule has 0 radical (unpaired) electrons. The van der Waals surface area contributed by atoms with E-state index in [1.54, 1.807) is 0 Å². The molecule has 1 unspecified atom stereocenters. The number of esters is 2. The predicted octanol–water partition coefficient (Wildman–Crippen LogP) is -0.265. The van der Waals surface area contributed by atoms with E-state index in [-0.39, 0.29) is 13.2 Å². The first-order chi connectivity index (χ1) is 7.77. The summed E-state index contributed by atoms with van der Waals surface area (Å²) in [6.45, 7) is -0.988. The molecule has 1 atom stereocenters. The van der Waals surface area contributed by atoms with Crippen molar-refractivity contribution in [2.24, 2.45) is 0 Å². The molecule has 6 nitrogen and oxygen atoms in total. The molecule has 8 heteroatoms. The third-order valence-corrected chi connectivity index (χ3v) is 1.48. The maximum atomic E-state index is 12.3. The average Bonchev–Trinajstić information content (AvgIpc) is 2.22. The highest BCUT2D eigenvalue weighted by Crippen LogP contribution is 2.13. The summed E-state index contributed by atoms with van der Waals surface area (Å²) in [5, 5.41) is 9.07. The van der Waals surface area contributed by atoms with E-state index < -0.39 is 30.6 Å². The van der Waals surface area contributed by atoms with Gasteiger partial charge < -0.3 is 19.3 Å². The molecule has 0 amide bonds. The second-order valence-electron chi connectivity index (χ2n) is 3.26. The van der Waals surface area contributed by atoms with Crippen LogP contribution in [-0.4, -0.2) is 56.0 Å². The minimum Gasteiger partial charge on any atom is -0.460 e. The number of aliphatic hydroxyl groups is 1. The number of carbonyl (C=O) groups excluding carboxylic acids is 2. The highest BCUT2D eigenvalue weighted by atomic mass is 19.3. The van der Waals surface area contributed by atoms with E-state index in [0.29, 0.717) is 6.92 Å². The van der Waals surface area contributed by atoms with Crippen molar-refractivity contribution in [3.63, 3.8) is 0 Å². The second kappa shape index (κ2) is 7.13. The molecule has 0 aromatic rings. The van der Waals surface area contributed by atoms with E-state index in [0.717, 1.165) is 0 Å². The quantitative estimate of drug-likeness (QED) is 0.632. The number of ether oxygens (including phenoxy) is 3. The summed E-state index contributed by atoms with van der Waals surface area (Å²) in [5.41, 5.74) is 0. The van der Waals surface area contributed by atoms with E-state index in [1.807, 2.05) is 0 Å². The van der Waals surface area contributed by atoms with Crippen molar-refractivity contribution in [1.29, 1.82) is 0 Å². The van der Waals surface area contributed by atoms with Crippen molar-refractivity contribution >= 4 is 11.9 Å². The van der Waals surface area contributed by atoms with Crippen molar-refractivity contribution < 1.29 is 37.7 Å². The minimum absolute atomic E-state index is 0.0416. The molecule has 0 aliphatic heterocycles. The van der Waals surface area contributed by atoms with Crippen LogP contribution in [0.1, 0.15) is 6.92 Å². The van der Waals surface area contributed by atoms with Crippen LogP contribution in [0.4, 0.5) is 8.78 Å². The Morgan fingerprint density at radius 3 is 2.35 bits per heavy atom. The zero-order valence-corrected chi connectivity index (χ0v) is 9.44. The Balaban J connectivity index is 3.78. The average molecular weight is 256 g/mol. The fraction of sp³-hybridized carbons (Fsp3) is 0.778. The lowest BCUT2D eigenvalue weighted by molar-refractivity contribution is -0.176. The number of aliphatic hydroxyl groups excluding tert-OH is 1. The Labute approximate surface area is 96.4 Å². The predicted molar refractivity (Wildman–Crippen MR) is 50.4 cm³/mol. The second-order valence-corrected chi connectivity index (χ2v) is 3.26. The summed E-state index contributed by atoms with van der Waals surface area (Å²) in [6, 6.07) is 0. The topological polar surface area (TPSA) is 82.1 Å². The molecule has 0 bridgehead atoms. The van der Waals surface area contributed by atoms with Crippen LogP contribution in [0, 0.1) is 0 Å². The lowest BCUT2D eigenvalue weighted by atomic mass is 10.4. The van der Waals surface area contributed by atoms with Crippen LogP contribution in [0.5, 0.6) is 0 Å². The Kier molecular flexibility index (Phi) is 6.59. The van der Waals surface area contributed by atoms with Crippen LogP contribution < -0.4 is 0 Å². The van der Waals surface area contributed by atoms with E-state index in [1.165, 1.54) is 7.11 Å². The molecule has 0 aliphatic carbocycles. The molecule has 0 rings (SSSR count). The summed E-state index contributed by atoms with van der Waals surface area (Å²) in [4.78, 5) is 21.4. The maximum absolute atomic E-state index is 12.3. The fourth-order valence-electron chi connectivity index (χ4n) is 0.723. The van der Waals surface area contributed by atoms with Crippen molar-refractivity contribution in [3.05, 3.63) is 0 Å². The number of alkyl halides is 2. The molecule has 0 saturated carbocycles. The monoisotopic (exact) mass is 256 g/mol. The number of halogens is 2. The van der Waals surface area contributed by atoms with Crippen LogP contribution in [0.15, 0.2) is 0 Å². The van der Waals surface area contributed by atoms with Gasteiger partial charge in [0.25, 0.3) is 0 Å². The summed E-state index contributed by atoms with van der Waals surface area (Å²) in [7, 11) is 1.34. The Hall–Kier alpha value is -1.28. The molecule has 0 aliphatic rings. The van der Waals surface area contributed by atoms with Gasteiger partial charge in [-0.05, 0) is 0 Å². The van der Waals surface area contributed by atoms with Crippen LogP contribution in [-0.2, 0) is 23.8 Å². The Morgan fingerprint density at radius 2 is 1.88 bits per heavy atom. The van der Waals surface area contributed by atoms with E-state index in [4.69, 9.17) is 5.11 Å². The van der Waals surface area contributed by atoms with Crippen LogP contribution in [0.25, 0.3) is 0 Å². The van der Waals surface area contributed by atoms with Gasteiger partial charge in [0.1, 0.15) is 12.7 Å². The molecule has 1 N–H and O–H groups in total. The smallest absolute Gasteiger partial charge is 0.377 e. The molecule has 0 saturated heterocycles. The van der Waals surface area contributed by atoms with E-state index in [2.05, 4.69) is 14.2 Å². The van der Waals surface area contributed by atoms with Crippen LogP contribution >= 0.6 is 0 Å². The fourth-order valence-corrected chi connectivity index (χ4v) is 0.723. The van der Waals surface area contributed by atoms with Crippen molar-refractivity contribution in [3.8, 4) is 0 Å². The van der Waals surface area contributed by atoms with Gasteiger partial charge in [0, 0.05) is 14.0 Å². The Bertz CT molecular complexity index is 263. The van der Waals surface area contributed by atoms with Crippen molar-refractivity contribution in [1.82, 2.24) is 0 Å². The lowest BCUT2D eigenvalue weighted by Gasteiger charge is -2.11. The number of hydrogen-bond donors (Lipinski definition) is 1. The normalized spacial score (nSPS) is 13.0. The lowest BCUT2D eigenvalue weighted by Crippen LogP contribution is -2.30. The third-order valence-electron chi connectivity index (χ3n) is 1.48. The van der Waals surface area contributed by atoms with Gasteiger partial charge >= 0.3 is 17.9 Å². The number of carbonyl (C=O) groups is 2. The summed E-state index contributed by atoms with van der Waals surface area (Å²) >= 11 is 0. The summed E-state index contributed by atoms with van der Waals surface area (Å²) in [5.74, 6) is -6.50. The minimum atomic E-state index is -3.66. The third kappa shape index (κ3) is 7.58. The number of methoxy groups -OCH3 is 1. The van der Waals surface area contributed by atoms with Gasteiger partial charge in [-0.2, -0.15) is 8.78 Å². The summed E-state index contributed by atoms with van der Waals surface area (Å²) in [6.07, 6.45) is -1.02. The zero-order chi connectivity index (χ0) is 13.5. The van der Waals surface area contributed by atoms with Crippen molar-refractivity contribution in [2.75, 3.05) is 26.9 Å². The standard InChI is InChI=1S/C9H14F2O6/c1-9(10,11)8(14)17-5-7(13)16-4-6(12)3-15-2/h6,12H,3-5H2,1-2H3. The highest BCUT2D eigenvalue weighted by molar-refractivity contribution is 5.80. The number of hydrogen-bond acceptors (Lipinski definition) is 6. The molecule has 0 fully saturated rings. The van der Waals surface area contributed by atoms with Gasteiger partial charge in [0.05, 0.1) is 6.61 Å². The first-order valence-corrected chi connectivity index (χ1v) is 4.65. The molecular formula is C9H14F2O6. The van der Waals surface area contributed by atoms with Gasteiger partial charge in [0.15, 0.2) is 6.61 Å². The van der Waals surface area contributed by atoms with Crippen LogP contribution in [0.3, 0.4) is 0 Å². The Morgan fingerprint density at radius 1 is 1.29 bits per heavy atom. The van der Waals surface area contributed by atoms with Gasteiger partial charge in [-0.3, -0.25) is 0 Å². The molecule has 0 heterocycles. The van der Waals surface area contributed by atoms with E-state index >= 15 is 0 Å². The van der Waals surface area contributed by atoms with Gasteiger partial charge in [0.2, 0.25) is 0 Å². The first kappa shape index (κ1) is 15.7.